The number of carbonyl (C=O) groups is 1. The number of hydrogen-bond donors (Lipinski definition) is 2. The lowest BCUT2D eigenvalue weighted by molar-refractivity contribution is 0.0942. The largest absolute Gasteiger partial charge is 0.349 e. The normalized spacial score (nSPS) is 12.8. The summed E-state index contributed by atoms with van der Waals surface area (Å²) in [6, 6.07) is -0.0393. The molecule has 0 saturated carbocycles. The van der Waals surface area contributed by atoms with E-state index >= 15 is 0 Å². The molecule has 1 amide bonds. The van der Waals surface area contributed by atoms with Crippen molar-refractivity contribution in [2.45, 2.75) is 33.2 Å². The van der Waals surface area contributed by atoms with Gasteiger partial charge in [0.2, 0.25) is 5.89 Å². The van der Waals surface area contributed by atoms with Gasteiger partial charge in [0, 0.05) is 19.0 Å². The Hall–Kier alpha value is -1.43. The van der Waals surface area contributed by atoms with E-state index in [1.54, 1.807) is 0 Å². The molecule has 1 rings (SSSR count). The number of rotatable bonds is 5. The first kappa shape index (κ1) is 12.6. The van der Waals surface area contributed by atoms with Crippen LogP contribution < -0.4 is 11.1 Å². The SMILES string of the molecule is CCNC(=O)c1noc(CC(N)C(C)C)n1. The predicted octanol–water partition coefficient (Wildman–Crippen LogP) is 0.345. The molecule has 1 atom stereocenters. The molecule has 0 saturated heterocycles. The third kappa shape index (κ3) is 3.30. The van der Waals surface area contributed by atoms with Crippen LogP contribution in [0.2, 0.25) is 0 Å². The Morgan fingerprint density at radius 2 is 2.25 bits per heavy atom. The second-order valence-electron chi connectivity index (χ2n) is 3.98. The summed E-state index contributed by atoms with van der Waals surface area (Å²) in [6.45, 7) is 6.40. The van der Waals surface area contributed by atoms with Crippen molar-refractivity contribution in [2.24, 2.45) is 11.7 Å². The van der Waals surface area contributed by atoms with Crippen molar-refractivity contribution in [2.75, 3.05) is 6.54 Å². The molecule has 3 N–H and O–H groups in total. The van der Waals surface area contributed by atoms with Crippen LogP contribution in [0, 0.1) is 5.92 Å². The predicted molar refractivity (Wildman–Crippen MR) is 58.8 cm³/mol. The highest BCUT2D eigenvalue weighted by Crippen LogP contribution is 2.06. The molecule has 0 spiro atoms. The highest BCUT2D eigenvalue weighted by atomic mass is 16.5. The van der Waals surface area contributed by atoms with Gasteiger partial charge in [0.1, 0.15) is 0 Å². The molecule has 1 aromatic heterocycles. The van der Waals surface area contributed by atoms with Crippen LogP contribution in [-0.4, -0.2) is 28.6 Å². The molecular formula is C10H18N4O2. The lowest BCUT2D eigenvalue weighted by atomic mass is 10.0. The Bertz CT molecular complexity index is 348. The van der Waals surface area contributed by atoms with E-state index in [1.807, 2.05) is 20.8 Å². The molecule has 0 aliphatic rings. The molecule has 0 fully saturated rings. The van der Waals surface area contributed by atoms with Gasteiger partial charge in [-0.3, -0.25) is 4.79 Å². The number of nitrogens with two attached hydrogens (primary N) is 1. The van der Waals surface area contributed by atoms with Gasteiger partial charge in [-0.1, -0.05) is 19.0 Å². The zero-order chi connectivity index (χ0) is 12.1. The molecule has 0 bridgehead atoms. The molecule has 0 radical (unpaired) electrons. The van der Waals surface area contributed by atoms with Gasteiger partial charge in [-0.15, -0.1) is 0 Å². The number of nitrogens with one attached hydrogen (secondary N) is 1. The molecular weight excluding hydrogens is 208 g/mol. The Kier molecular flexibility index (Phi) is 4.42. The maximum atomic E-state index is 11.4. The fourth-order valence-electron chi connectivity index (χ4n) is 1.11. The van der Waals surface area contributed by atoms with Gasteiger partial charge in [-0.2, -0.15) is 4.98 Å². The van der Waals surface area contributed by atoms with Crippen molar-refractivity contribution >= 4 is 5.91 Å². The smallest absolute Gasteiger partial charge is 0.292 e. The molecule has 90 valence electrons. The van der Waals surface area contributed by atoms with Crippen LogP contribution in [0.1, 0.15) is 37.3 Å². The average Bonchev–Trinajstić information content (AvgIpc) is 2.66. The maximum absolute atomic E-state index is 11.4. The zero-order valence-corrected chi connectivity index (χ0v) is 9.86. The van der Waals surface area contributed by atoms with E-state index in [-0.39, 0.29) is 17.8 Å². The van der Waals surface area contributed by atoms with Crippen LogP contribution >= 0.6 is 0 Å². The van der Waals surface area contributed by atoms with Crippen molar-refractivity contribution in [1.82, 2.24) is 15.5 Å². The molecule has 0 aromatic carbocycles. The number of aromatic nitrogens is 2. The second-order valence-corrected chi connectivity index (χ2v) is 3.98. The van der Waals surface area contributed by atoms with E-state index in [2.05, 4.69) is 15.5 Å². The third-order valence-electron chi connectivity index (χ3n) is 2.28. The molecule has 0 aliphatic carbocycles. The average molecular weight is 226 g/mol. The highest BCUT2D eigenvalue weighted by Gasteiger charge is 2.17. The van der Waals surface area contributed by atoms with Crippen LogP contribution in [0.15, 0.2) is 4.52 Å². The lowest BCUT2D eigenvalue weighted by Crippen LogP contribution is -2.29. The first-order valence-electron chi connectivity index (χ1n) is 5.41. The van der Waals surface area contributed by atoms with Crippen molar-refractivity contribution in [3.05, 3.63) is 11.7 Å². The van der Waals surface area contributed by atoms with Gasteiger partial charge in [0.25, 0.3) is 11.7 Å². The van der Waals surface area contributed by atoms with Gasteiger partial charge >= 0.3 is 0 Å². The van der Waals surface area contributed by atoms with E-state index in [0.29, 0.717) is 24.8 Å². The summed E-state index contributed by atoms with van der Waals surface area (Å²) >= 11 is 0. The Morgan fingerprint density at radius 1 is 1.56 bits per heavy atom. The van der Waals surface area contributed by atoms with Crippen molar-refractivity contribution in [3.63, 3.8) is 0 Å². The van der Waals surface area contributed by atoms with E-state index in [1.165, 1.54) is 0 Å². The minimum absolute atomic E-state index is 0.0393. The van der Waals surface area contributed by atoms with Crippen molar-refractivity contribution < 1.29 is 9.32 Å². The lowest BCUT2D eigenvalue weighted by Gasteiger charge is -2.11. The Balaban J connectivity index is 2.61. The third-order valence-corrected chi connectivity index (χ3v) is 2.28. The van der Waals surface area contributed by atoms with Crippen LogP contribution in [0.4, 0.5) is 0 Å². The molecule has 6 heteroatoms. The minimum Gasteiger partial charge on any atom is -0.349 e. The molecule has 6 nitrogen and oxygen atoms in total. The molecule has 0 aliphatic heterocycles. The number of hydrogen-bond acceptors (Lipinski definition) is 5. The quantitative estimate of drug-likeness (QED) is 0.755. The summed E-state index contributed by atoms with van der Waals surface area (Å²) in [5.41, 5.74) is 5.86. The van der Waals surface area contributed by atoms with Gasteiger partial charge in [0.15, 0.2) is 0 Å². The number of amides is 1. The molecule has 1 aromatic rings. The maximum Gasteiger partial charge on any atom is 0.292 e. The van der Waals surface area contributed by atoms with Crippen molar-refractivity contribution in [3.8, 4) is 0 Å². The van der Waals surface area contributed by atoms with Gasteiger partial charge in [-0.25, -0.2) is 0 Å². The number of nitrogens with zero attached hydrogens (tertiary/aromatic N) is 2. The van der Waals surface area contributed by atoms with E-state index in [4.69, 9.17) is 10.3 Å². The fraction of sp³-hybridized carbons (Fsp3) is 0.700. The second kappa shape index (κ2) is 5.60. The first-order valence-corrected chi connectivity index (χ1v) is 5.41. The van der Waals surface area contributed by atoms with Crippen LogP contribution in [-0.2, 0) is 6.42 Å². The molecule has 1 unspecified atom stereocenters. The summed E-state index contributed by atoms with van der Waals surface area (Å²) in [5.74, 6) is 0.477. The molecule has 16 heavy (non-hydrogen) atoms. The van der Waals surface area contributed by atoms with Crippen LogP contribution in [0.5, 0.6) is 0 Å². The monoisotopic (exact) mass is 226 g/mol. The van der Waals surface area contributed by atoms with Gasteiger partial charge in [-0.05, 0) is 12.8 Å². The van der Waals surface area contributed by atoms with Gasteiger partial charge < -0.3 is 15.6 Å². The van der Waals surface area contributed by atoms with E-state index in [0.717, 1.165) is 0 Å². The molecule has 1 heterocycles. The van der Waals surface area contributed by atoms with Crippen LogP contribution in [0.3, 0.4) is 0 Å². The fourth-order valence-corrected chi connectivity index (χ4v) is 1.11. The summed E-state index contributed by atoms with van der Waals surface area (Å²) in [5, 5.41) is 6.19. The Labute approximate surface area is 94.6 Å². The summed E-state index contributed by atoms with van der Waals surface area (Å²) in [6.07, 6.45) is 0.490. The summed E-state index contributed by atoms with van der Waals surface area (Å²) in [7, 11) is 0. The topological polar surface area (TPSA) is 94.0 Å². The van der Waals surface area contributed by atoms with Crippen LogP contribution in [0.25, 0.3) is 0 Å². The standard InChI is InChI=1S/C10H18N4O2/c1-4-12-10(15)9-13-8(16-14-9)5-7(11)6(2)3/h6-7H,4-5,11H2,1-3H3,(H,12,15). The Morgan fingerprint density at radius 3 is 2.81 bits per heavy atom. The summed E-state index contributed by atoms with van der Waals surface area (Å²) in [4.78, 5) is 15.3. The highest BCUT2D eigenvalue weighted by molar-refractivity contribution is 5.90. The van der Waals surface area contributed by atoms with E-state index < -0.39 is 0 Å². The van der Waals surface area contributed by atoms with Crippen molar-refractivity contribution in [1.29, 1.82) is 0 Å². The summed E-state index contributed by atoms with van der Waals surface area (Å²) < 4.78 is 4.95. The van der Waals surface area contributed by atoms with E-state index in [9.17, 15) is 4.79 Å². The van der Waals surface area contributed by atoms with Gasteiger partial charge in [0.05, 0.1) is 0 Å². The zero-order valence-electron chi connectivity index (χ0n) is 9.86. The first-order chi connectivity index (χ1) is 7.54. The number of carbonyl (C=O) groups excluding carboxylic acids is 1. The minimum atomic E-state index is -0.324.